The van der Waals surface area contributed by atoms with E-state index in [2.05, 4.69) is 43.1 Å². The quantitative estimate of drug-likeness (QED) is 0.707. The zero-order valence-electron chi connectivity index (χ0n) is 9.96. The Morgan fingerprint density at radius 1 is 1.50 bits per heavy atom. The topological polar surface area (TPSA) is 3.24 Å². The molecule has 1 aromatic rings. The molecule has 1 aliphatic heterocycles. The van der Waals surface area contributed by atoms with Crippen LogP contribution in [0.2, 0.25) is 0 Å². The molecule has 0 bridgehead atoms. The summed E-state index contributed by atoms with van der Waals surface area (Å²) in [5, 5.41) is 0. The number of hydrogen-bond donors (Lipinski definition) is 0. The number of anilines is 1. The molecule has 0 aromatic heterocycles. The fourth-order valence-corrected chi connectivity index (χ4v) is 2.30. The number of alkyl halides is 1. The van der Waals surface area contributed by atoms with Gasteiger partial charge in [0.25, 0.3) is 0 Å². The van der Waals surface area contributed by atoms with E-state index in [0.717, 1.165) is 0 Å². The molecule has 16 heavy (non-hydrogen) atoms. The molecule has 0 saturated heterocycles. The SMILES string of the molecule is CC(=Cc1ccc2c(c1)CCCN2C)CCl. The molecule has 0 aliphatic carbocycles. The van der Waals surface area contributed by atoms with Gasteiger partial charge in [0.2, 0.25) is 0 Å². The highest BCUT2D eigenvalue weighted by Crippen LogP contribution is 2.27. The van der Waals surface area contributed by atoms with Crippen molar-refractivity contribution in [3.63, 3.8) is 0 Å². The van der Waals surface area contributed by atoms with Gasteiger partial charge < -0.3 is 4.90 Å². The molecule has 0 fully saturated rings. The lowest BCUT2D eigenvalue weighted by Crippen LogP contribution is -2.24. The Kier molecular flexibility index (Phi) is 3.55. The summed E-state index contributed by atoms with van der Waals surface area (Å²) in [7, 11) is 2.16. The molecule has 0 spiro atoms. The van der Waals surface area contributed by atoms with Crippen molar-refractivity contribution in [3.05, 3.63) is 34.9 Å². The number of allylic oxidation sites excluding steroid dienone is 1. The van der Waals surface area contributed by atoms with Crippen molar-refractivity contribution in [2.24, 2.45) is 0 Å². The number of halogens is 1. The first-order valence-corrected chi connectivity index (χ1v) is 6.31. The standard InChI is InChI=1S/C14H18ClN/c1-11(10-15)8-12-5-6-14-13(9-12)4-3-7-16(14)2/h5-6,8-9H,3-4,7,10H2,1-2H3. The lowest BCUT2D eigenvalue weighted by molar-refractivity contribution is 0.744. The van der Waals surface area contributed by atoms with Crippen LogP contribution < -0.4 is 4.90 Å². The van der Waals surface area contributed by atoms with Crippen molar-refractivity contribution in [2.45, 2.75) is 19.8 Å². The van der Waals surface area contributed by atoms with Crippen LogP contribution in [0.25, 0.3) is 6.08 Å². The summed E-state index contributed by atoms with van der Waals surface area (Å²) in [6, 6.07) is 6.69. The zero-order chi connectivity index (χ0) is 11.5. The first-order valence-electron chi connectivity index (χ1n) is 5.78. The van der Waals surface area contributed by atoms with Crippen molar-refractivity contribution in [2.75, 3.05) is 24.4 Å². The fraction of sp³-hybridized carbons (Fsp3) is 0.429. The Morgan fingerprint density at radius 3 is 3.06 bits per heavy atom. The summed E-state index contributed by atoms with van der Waals surface area (Å²) in [4.78, 5) is 2.33. The maximum atomic E-state index is 5.79. The van der Waals surface area contributed by atoms with Crippen molar-refractivity contribution in [1.82, 2.24) is 0 Å². The van der Waals surface area contributed by atoms with E-state index in [4.69, 9.17) is 11.6 Å². The minimum absolute atomic E-state index is 0.608. The van der Waals surface area contributed by atoms with Crippen molar-refractivity contribution in [3.8, 4) is 0 Å². The van der Waals surface area contributed by atoms with Crippen LogP contribution in [0.15, 0.2) is 23.8 Å². The average molecular weight is 236 g/mol. The number of aryl methyl sites for hydroxylation is 1. The van der Waals surface area contributed by atoms with Gasteiger partial charge >= 0.3 is 0 Å². The highest BCUT2D eigenvalue weighted by molar-refractivity contribution is 6.19. The average Bonchev–Trinajstić information content (AvgIpc) is 2.29. The Balaban J connectivity index is 2.32. The van der Waals surface area contributed by atoms with Gasteiger partial charge in [-0.25, -0.2) is 0 Å². The van der Waals surface area contributed by atoms with Gasteiger partial charge in [0.15, 0.2) is 0 Å². The molecule has 0 radical (unpaired) electrons. The molecule has 1 aromatic carbocycles. The summed E-state index contributed by atoms with van der Waals surface area (Å²) in [5.41, 5.74) is 5.33. The first-order chi connectivity index (χ1) is 7.70. The number of nitrogens with zero attached hydrogens (tertiary/aromatic N) is 1. The van der Waals surface area contributed by atoms with Crippen LogP contribution in [0, 0.1) is 0 Å². The highest BCUT2D eigenvalue weighted by atomic mass is 35.5. The number of hydrogen-bond acceptors (Lipinski definition) is 1. The third-order valence-electron chi connectivity index (χ3n) is 3.08. The summed E-state index contributed by atoms with van der Waals surface area (Å²) in [6.45, 7) is 3.24. The predicted octanol–water partition coefficient (Wildman–Crippen LogP) is 3.71. The molecule has 0 unspecified atom stereocenters. The maximum absolute atomic E-state index is 5.79. The molecular formula is C14H18ClN. The molecule has 2 heteroatoms. The summed E-state index contributed by atoms with van der Waals surface area (Å²) < 4.78 is 0. The fourth-order valence-electron chi connectivity index (χ4n) is 2.22. The third-order valence-corrected chi connectivity index (χ3v) is 3.50. The van der Waals surface area contributed by atoms with Crippen LogP contribution in [-0.4, -0.2) is 19.5 Å². The summed E-state index contributed by atoms with van der Waals surface area (Å²) in [6.07, 6.45) is 4.62. The second-order valence-corrected chi connectivity index (χ2v) is 4.80. The minimum atomic E-state index is 0.608. The Labute approximate surface area is 103 Å². The Bertz CT molecular complexity index is 409. The predicted molar refractivity (Wildman–Crippen MR) is 72.4 cm³/mol. The van der Waals surface area contributed by atoms with Crippen molar-refractivity contribution >= 4 is 23.4 Å². The zero-order valence-corrected chi connectivity index (χ0v) is 10.7. The van der Waals surface area contributed by atoms with Gasteiger partial charge in [0, 0.05) is 25.2 Å². The molecule has 1 heterocycles. The van der Waals surface area contributed by atoms with Gasteiger partial charge in [0.1, 0.15) is 0 Å². The van der Waals surface area contributed by atoms with Gasteiger partial charge in [-0.1, -0.05) is 17.7 Å². The third kappa shape index (κ3) is 2.41. The summed E-state index contributed by atoms with van der Waals surface area (Å²) >= 11 is 5.79. The number of rotatable bonds is 2. The monoisotopic (exact) mass is 235 g/mol. The van der Waals surface area contributed by atoms with E-state index in [1.807, 2.05) is 0 Å². The van der Waals surface area contributed by atoms with Crippen LogP contribution in [0.5, 0.6) is 0 Å². The van der Waals surface area contributed by atoms with E-state index in [1.165, 1.54) is 41.8 Å². The molecule has 2 rings (SSSR count). The Morgan fingerprint density at radius 2 is 2.31 bits per heavy atom. The van der Waals surface area contributed by atoms with Gasteiger partial charge in [-0.05, 0) is 43.0 Å². The van der Waals surface area contributed by atoms with Crippen LogP contribution in [0.4, 0.5) is 5.69 Å². The van der Waals surface area contributed by atoms with Gasteiger partial charge in [-0.3, -0.25) is 0 Å². The van der Waals surface area contributed by atoms with E-state index in [9.17, 15) is 0 Å². The van der Waals surface area contributed by atoms with Gasteiger partial charge in [-0.2, -0.15) is 0 Å². The van der Waals surface area contributed by atoms with E-state index >= 15 is 0 Å². The van der Waals surface area contributed by atoms with Crippen molar-refractivity contribution < 1.29 is 0 Å². The van der Waals surface area contributed by atoms with E-state index in [-0.39, 0.29) is 0 Å². The summed E-state index contributed by atoms with van der Waals surface area (Å²) in [5.74, 6) is 0.608. The van der Waals surface area contributed by atoms with Gasteiger partial charge in [0.05, 0.1) is 0 Å². The largest absolute Gasteiger partial charge is 0.374 e. The molecular weight excluding hydrogens is 218 g/mol. The molecule has 0 saturated carbocycles. The number of benzene rings is 1. The highest BCUT2D eigenvalue weighted by Gasteiger charge is 2.12. The molecule has 86 valence electrons. The first kappa shape index (κ1) is 11.5. The molecule has 1 nitrogen and oxygen atoms in total. The minimum Gasteiger partial charge on any atom is -0.374 e. The molecule has 0 amide bonds. The molecule has 0 N–H and O–H groups in total. The van der Waals surface area contributed by atoms with Crippen LogP contribution >= 0.6 is 11.6 Å². The van der Waals surface area contributed by atoms with E-state index in [1.54, 1.807) is 0 Å². The van der Waals surface area contributed by atoms with Gasteiger partial charge in [-0.15, -0.1) is 11.6 Å². The van der Waals surface area contributed by atoms with E-state index < -0.39 is 0 Å². The van der Waals surface area contributed by atoms with E-state index in [0.29, 0.717) is 5.88 Å². The second kappa shape index (κ2) is 4.92. The van der Waals surface area contributed by atoms with Crippen molar-refractivity contribution in [1.29, 1.82) is 0 Å². The lowest BCUT2D eigenvalue weighted by Gasteiger charge is -2.27. The van der Waals surface area contributed by atoms with Crippen LogP contribution in [0.3, 0.4) is 0 Å². The Hall–Kier alpha value is -0.950. The number of fused-ring (bicyclic) bond motifs is 1. The molecule has 0 atom stereocenters. The van der Waals surface area contributed by atoms with Crippen LogP contribution in [0.1, 0.15) is 24.5 Å². The maximum Gasteiger partial charge on any atom is 0.0434 e. The smallest absolute Gasteiger partial charge is 0.0434 e. The normalized spacial score (nSPS) is 16.2. The lowest BCUT2D eigenvalue weighted by atomic mass is 9.99. The second-order valence-electron chi connectivity index (χ2n) is 4.54. The molecule has 1 aliphatic rings. The van der Waals surface area contributed by atoms with Crippen LogP contribution in [-0.2, 0) is 6.42 Å².